The zero-order valence-corrected chi connectivity index (χ0v) is 21.9. The third-order valence-electron chi connectivity index (χ3n) is 5.46. The number of benzene rings is 2. The maximum Gasteiger partial charge on any atom is 0.343 e. The van der Waals surface area contributed by atoms with Crippen LogP contribution in [0, 0.1) is 0 Å². The number of nitrogens with zero attached hydrogens (tertiary/aromatic N) is 1. The van der Waals surface area contributed by atoms with Gasteiger partial charge in [0.25, 0.3) is 5.91 Å². The van der Waals surface area contributed by atoms with E-state index >= 15 is 0 Å². The SMILES string of the molecule is C[n+]1cccc(C(=O)NCCCCCCCCOc2ccc(OC(=O)c3cc(Cl)cc(Cl)c3)cc2)c1. The molecule has 0 spiro atoms. The van der Waals surface area contributed by atoms with Gasteiger partial charge in [0.2, 0.25) is 0 Å². The van der Waals surface area contributed by atoms with E-state index in [2.05, 4.69) is 5.32 Å². The van der Waals surface area contributed by atoms with Crippen molar-refractivity contribution >= 4 is 35.1 Å². The lowest BCUT2D eigenvalue weighted by Crippen LogP contribution is -2.31. The van der Waals surface area contributed by atoms with Crippen LogP contribution in [0.4, 0.5) is 0 Å². The fourth-order valence-electron chi connectivity index (χ4n) is 3.59. The van der Waals surface area contributed by atoms with Crippen LogP contribution in [0.15, 0.2) is 67.0 Å². The smallest absolute Gasteiger partial charge is 0.343 e. The van der Waals surface area contributed by atoms with Crippen molar-refractivity contribution in [3.8, 4) is 11.5 Å². The molecule has 0 bridgehead atoms. The van der Waals surface area contributed by atoms with E-state index in [0.29, 0.717) is 40.1 Å². The molecule has 0 atom stereocenters. The van der Waals surface area contributed by atoms with E-state index in [1.165, 1.54) is 12.1 Å². The van der Waals surface area contributed by atoms with Crippen molar-refractivity contribution in [2.45, 2.75) is 38.5 Å². The Hall–Kier alpha value is -3.09. The molecule has 1 amide bonds. The predicted octanol–water partition coefficient (Wildman–Crippen LogP) is 6.19. The van der Waals surface area contributed by atoms with Crippen LogP contribution in [-0.2, 0) is 7.05 Å². The first-order valence-corrected chi connectivity index (χ1v) is 12.8. The number of nitrogens with one attached hydrogen (secondary N) is 1. The van der Waals surface area contributed by atoms with E-state index < -0.39 is 5.97 Å². The molecule has 3 rings (SSSR count). The second-order valence-electron chi connectivity index (χ2n) is 8.50. The summed E-state index contributed by atoms with van der Waals surface area (Å²) in [6.45, 7) is 1.32. The van der Waals surface area contributed by atoms with E-state index in [0.717, 1.165) is 44.3 Å². The molecule has 0 aliphatic heterocycles. The number of carbonyl (C=O) groups is 2. The molecule has 0 aliphatic carbocycles. The van der Waals surface area contributed by atoms with Gasteiger partial charge in [-0.3, -0.25) is 4.79 Å². The van der Waals surface area contributed by atoms with E-state index in [9.17, 15) is 9.59 Å². The number of aryl methyl sites for hydroxylation is 1. The number of pyridine rings is 1. The number of amides is 1. The van der Waals surface area contributed by atoms with Gasteiger partial charge in [-0.25, -0.2) is 9.36 Å². The lowest BCUT2D eigenvalue weighted by atomic mass is 10.1. The molecule has 0 saturated heterocycles. The summed E-state index contributed by atoms with van der Waals surface area (Å²) >= 11 is 11.9. The molecule has 8 heteroatoms. The van der Waals surface area contributed by atoms with Crippen molar-refractivity contribution in [2.75, 3.05) is 13.2 Å². The molecule has 0 unspecified atom stereocenters. The fourth-order valence-corrected chi connectivity index (χ4v) is 4.12. The van der Waals surface area contributed by atoms with Gasteiger partial charge in [0, 0.05) is 22.7 Å². The second-order valence-corrected chi connectivity index (χ2v) is 9.38. The molecule has 2 aromatic carbocycles. The maximum atomic E-state index is 12.3. The second kappa shape index (κ2) is 14.5. The van der Waals surface area contributed by atoms with Crippen LogP contribution in [-0.4, -0.2) is 25.0 Å². The summed E-state index contributed by atoms with van der Waals surface area (Å²) in [4.78, 5) is 24.4. The van der Waals surface area contributed by atoms with Crippen LogP contribution in [0.25, 0.3) is 0 Å². The van der Waals surface area contributed by atoms with Crippen molar-refractivity contribution in [3.05, 3.63) is 88.2 Å². The van der Waals surface area contributed by atoms with Crippen LogP contribution in [0.2, 0.25) is 10.0 Å². The highest BCUT2D eigenvalue weighted by Gasteiger charge is 2.11. The fraction of sp³-hybridized carbons (Fsp3) is 0.321. The van der Waals surface area contributed by atoms with Crippen LogP contribution in [0.3, 0.4) is 0 Å². The van der Waals surface area contributed by atoms with E-state index in [-0.39, 0.29) is 5.91 Å². The lowest BCUT2D eigenvalue weighted by Gasteiger charge is -2.08. The van der Waals surface area contributed by atoms with E-state index in [4.69, 9.17) is 32.7 Å². The summed E-state index contributed by atoms with van der Waals surface area (Å²) in [5, 5.41) is 3.72. The Morgan fingerprint density at radius 1 is 0.833 bits per heavy atom. The zero-order valence-electron chi connectivity index (χ0n) is 20.3. The summed E-state index contributed by atoms with van der Waals surface area (Å²) in [5.74, 6) is 0.585. The molecule has 190 valence electrons. The van der Waals surface area contributed by atoms with Gasteiger partial charge < -0.3 is 14.8 Å². The molecular formula is C28H31Cl2N2O4+. The number of unbranched alkanes of at least 4 members (excludes halogenated alkanes) is 5. The van der Waals surface area contributed by atoms with E-state index in [1.807, 2.05) is 36.1 Å². The van der Waals surface area contributed by atoms with Gasteiger partial charge in [-0.1, -0.05) is 48.9 Å². The molecule has 0 saturated carbocycles. The molecule has 3 aromatic rings. The Labute approximate surface area is 222 Å². The van der Waals surface area contributed by atoms with Crippen molar-refractivity contribution in [2.24, 2.45) is 7.05 Å². The van der Waals surface area contributed by atoms with Gasteiger partial charge in [-0.15, -0.1) is 0 Å². The maximum absolute atomic E-state index is 12.3. The van der Waals surface area contributed by atoms with Crippen LogP contribution >= 0.6 is 23.2 Å². The monoisotopic (exact) mass is 529 g/mol. The number of esters is 1. The van der Waals surface area contributed by atoms with Gasteiger partial charge in [-0.2, -0.15) is 0 Å². The average Bonchev–Trinajstić information content (AvgIpc) is 2.85. The normalized spacial score (nSPS) is 10.6. The number of hydrogen-bond donors (Lipinski definition) is 1. The molecule has 1 N–H and O–H groups in total. The molecule has 36 heavy (non-hydrogen) atoms. The number of aromatic nitrogens is 1. The molecular weight excluding hydrogens is 499 g/mol. The van der Waals surface area contributed by atoms with Gasteiger partial charge in [0.1, 0.15) is 24.1 Å². The molecule has 1 aromatic heterocycles. The Balaban J connectivity index is 1.23. The lowest BCUT2D eigenvalue weighted by molar-refractivity contribution is -0.671. The van der Waals surface area contributed by atoms with E-state index in [1.54, 1.807) is 30.3 Å². The largest absolute Gasteiger partial charge is 0.494 e. The van der Waals surface area contributed by atoms with Crippen LogP contribution < -0.4 is 19.4 Å². The summed E-state index contributed by atoms with van der Waals surface area (Å²) in [6.07, 6.45) is 10.1. The van der Waals surface area contributed by atoms with Crippen molar-refractivity contribution in [1.29, 1.82) is 0 Å². The third kappa shape index (κ3) is 9.51. The molecule has 0 aliphatic rings. The van der Waals surface area contributed by atoms with Gasteiger partial charge in [0.15, 0.2) is 12.4 Å². The van der Waals surface area contributed by atoms with Crippen molar-refractivity contribution in [3.63, 3.8) is 0 Å². The molecule has 0 radical (unpaired) electrons. The van der Waals surface area contributed by atoms with Gasteiger partial charge >= 0.3 is 5.97 Å². The molecule has 1 heterocycles. The highest BCUT2D eigenvalue weighted by molar-refractivity contribution is 6.35. The quantitative estimate of drug-likeness (QED) is 0.124. The standard InChI is InChI=1S/C28H30Cl2N2O4/c1-32-15-8-9-21(20-32)27(33)31-14-6-4-2-3-5-7-16-35-25-10-12-26(13-11-25)36-28(34)22-17-23(29)19-24(30)18-22/h8-13,15,17-20H,2-7,14,16H2,1H3/p+1. The number of carbonyl (C=O) groups excluding carboxylic acids is 2. The topological polar surface area (TPSA) is 68.5 Å². The summed E-state index contributed by atoms with van der Waals surface area (Å²) in [6, 6.07) is 15.2. The Kier molecular flexibility index (Phi) is 11.0. The Morgan fingerprint density at radius 3 is 2.17 bits per heavy atom. The van der Waals surface area contributed by atoms with Gasteiger partial charge in [-0.05, 0) is 61.4 Å². The van der Waals surface area contributed by atoms with Crippen molar-refractivity contribution < 1.29 is 23.6 Å². The summed E-state index contributed by atoms with van der Waals surface area (Å²) in [7, 11) is 1.90. The predicted molar refractivity (Wildman–Crippen MR) is 141 cm³/mol. The Bertz CT molecular complexity index is 1130. The summed E-state index contributed by atoms with van der Waals surface area (Å²) < 4.78 is 13.0. The average molecular weight is 530 g/mol. The first-order chi connectivity index (χ1) is 17.4. The first kappa shape index (κ1) is 27.5. The highest BCUT2D eigenvalue weighted by atomic mass is 35.5. The minimum atomic E-state index is -0.527. The van der Waals surface area contributed by atoms with Crippen molar-refractivity contribution in [1.82, 2.24) is 5.32 Å². The molecule has 6 nitrogen and oxygen atoms in total. The summed E-state index contributed by atoms with van der Waals surface area (Å²) in [5.41, 5.74) is 0.970. The first-order valence-electron chi connectivity index (χ1n) is 12.1. The van der Waals surface area contributed by atoms with Gasteiger partial charge in [0.05, 0.1) is 12.2 Å². The number of rotatable bonds is 13. The minimum absolute atomic E-state index is 0.0273. The Morgan fingerprint density at radius 2 is 1.47 bits per heavy atom. The zero-order chi connectivity index (χ0) is 25.8. The number of halogens is 2. The third-order valence-corrected chi connectivity index (χ3v) is 5.90. The minimum Gasteiger partial charge on any atom is -0.494 e. The highest BCUT2D eigenvalue weighted by Crippen LogP contribution is 2.22. The number of ether oxygens (including phenoxy) is 2. The number of hydrogen-bond acceptors (Lipinski definition) is 4. The van der Waals surface area contributed by atoms with Crippen LogP contribution in [0.5, 0.6) is 11.5 Å². The van der Waals surface area contributed by atoms with Crippen LogP contribution in [0.1, 0.15) is 59.2 Å². The molecule has 0 fully saturated rings.